The predicted molar refractivity (Wildman–Crippen MR) is 120 cm³/mol. The number of likely N-dealkylation sites (tertiary alicyclic amines) is 1. The van der Waals surface area contributed by atoms with Gasteiger partial charge in [0.05, 0.1) is 28.4 Å². The highest BCUT2D eigenvalue weighted by molar-refractivity contribution is 8.00. The van der Waals surface area contributed by atoms with Crippen molar-refractivity contribution in [3.8, 4) is 11.4 Å². The lowest BCUT2D eigenvalue weighted by Gasteiger charge is -2.21. The average molecular weight is 424 g/mol. The van der Waals surface area contributed by atoms with Gasteiger partial charge in [0.25, 0.3) is 5.56 Å². The first kappa shape index (κ1) is 20.5. The van der Waals surface area contributed by atoms with Crippen molar-refractivity contribution in [3.63, 3.8) is 0 Å². The second kappa shape index (κ2) is 8.92. The van der Waals surface area contributed by atoms with Crippen LogP contribution in [0.4, 0.5) is 0 Å². The van der Waals surface area contributed by atoms with E-state index < -0.39 is 0 Å². The maximum atomic E-state index is 13.4. The topological polar surface area (TPSA) is 64.4 Å². The summed E-state index contributed by atoms with van der Waals surface area (Å²) in [6.07, 6.45) is 2.10. The van der Waals surface area contributed by atoms with E-state index in [1.165, 1.54) is 11.8 Å². The molecule has 30 heavy (non-hydrogen) atoms. The van der Waals surface area contributed by atoms with Gasteiger partial charge < -0.3 is 9.64 Å². The fraction of sp³-hybridized carbons (Fsp3) is 0.348. The molecule has 0 saturated carbocycles. The number of fused-ring (bicyclic) bond motifs is 1. The number of aromatic nitrogens is 2. The lowest BCUT2D eigenvalue weighted by molar-refractivity contribution is -0.129. The molecule has 7 heteroatoms. The van der Waals surface area contributed by atoms with E-state index in [-0.39, 0.29) is 16.7 Å². The molecule has 156 valence electrons. The summed E-state index contributed by atoms with van der Waals surface area (Å²) in [6.45, 7) is 6.00. The zero-order valence-corrected chi connectivity index (χ0v) is 18.0. The fourth-order valence-corrected chi connectivity index (χ4v) is 4.69. The van der Waals surface area contributed by atoms with Gasteiger partial charge in [0.1, 0.15) is 5.75 Å². The summed E-state index contributed by atoms with van der Waals surface area (Å²) in [4.78, 5) is 32.8. The number of carbonyl (C=O) groups is 1. The standard InChI is InChI=1S/C23H25N3O3S/c1-3-29-18-12-10-17(11-13-18)26-22(28)19-8-4-5-9-20(19)24-23(26)30-16(2)21(27)25-14-6-7-15-25/h4-5,8-13,16H,3,6-7,14-15H2,1-2H3. The Morgan fingerprint density at radius 2 is 1.83 bits per heavy atom. The summed E-state index contributed by atoms with van der Waals surface area (Å²) in [5.41, 5.74) is 1.19. The maximum absolute atomic E-state index is 13.4. The smallest absolute Gasteiger partial charge is 0.266 e. The highest BCUT2D eigenvalue weighted by atomic mass is 32.2. The van der Waals surface area contributed by atoms with Crippen LogP contribution in [0.15, 0.2) is 58.5 Å². The molecule has 1 unspecified atom stereocenters. The van der Waals surface area contributed by atoms with Gasteiger partial charge in [-0.05, 0) is 63.1 Å². The SMILES string of the molecule is CCOc1ccc(-n2c(SC(C)C(=O)N3CCCC3)nc3ccccc3c2=O)cc1. The Bertz CT molecular complexity index is 1100. The molecular formula is C23H25N3O3S. The molecule has 0 spiro atoms. The second-order valence-corrected chi connectivity index (χ2v) is 8.58. The van der Waals surface area contributed by atoms with Crippen LogP contribution in [-0.2, 0) is 4.79 Å². The van der Waals surface area contributed by atoms with E-state index in [1.54, 1.807) is 10.6 Å². The van der Waals surface area contributed by atoms with Crippen molar-refractivity contribution < 1.29 is 9.53 Å². The predicted octanol–water partition coefficient (Wildman–Crippen LogP) is 3.89. The Balaban J connectivity index is 1.76. The monoisotopic (exact) mass is 423 g/mol. The van der Waals surface area contributed by atoms with Crippen LogP contribution in [0.25, 0.3) is 16.6 Å². The summed E-state index contributed by atoms with van der Waals surface area (Å²) in [7, 11) is 0. The summed E-state index contributed by atoms with van der Waals surface area (Å²) >= 11 is 1.33. The van der Waals surface area contributed by atoms with Crippen molar-refractivity contribution in [1.29, 1.82) is 0 Å². The van der Waals surface area contributed by atoms with Crippen LogP contribution >= 0.6 is 11.8 Å². The average Bonchev–Trinajstić information content (AvgIpc) is 3.29. The van der Waals surface area contributed by atoms with Gasteiger partial charge in [-0.3, -0.25) is 14.2 Å². The quantitative estimate of drug-likeness (QED) is 0.445. The van der Waals surface area contributed by atoms with Crippen LogP contribution in [0.1, 0.15) is 26.7 Å². The largest absolute Gasteiger partial charge is 0.494 e. The molecule has 1 aliphatic rings. The van der Waals surface area contributed by atoms with E-state index in [0.717, 1.165) is 31.7 Å². The van der Waals surface area contributed by atoms with E-state index in [9.17, 15) is 9.59 Å². The molecule has 1 fully saturated rings. The highest BCUT2D eigenvalue weighted by Gasteiger charge is 2.26. The van der Waals surface area contributed by atoms with E-state index in [2.05, 4.69) is 0 Å². The van der Waals surface area contributed by atoms with E-state index in [1.807, 2.05) is 61.2 Å². The number of rotatable bonds is 6. The van der Waals surface area contributed by atoms with Gasteiger partial charge in [-0.15, -0.1) is 0 Å². The Morgan fingerprint density at radius 1 is 1.13 bits per heavy atom. The number of ether oxygens (including phenoxy) is 1. The summed E-state index contributed by atoms with van der Waals surface area (Å²) in [5, 5.41) is 0.738. The number of nitrogens with zero attached hydrogens (tertiary/aromatic N) is 3. The van der Waals surface area contributed by atoms with Gasteiger partial charge >= 0.3 is 0 Å². The molecule has 3 aromatic rings. The molecule has 0 aliphatic carbocycles. The van der Waals surface area contributed by atoms with E-state index >= 15 is 0 Å². The molecule has 1 amide bonds. The van der Waals surface area contributed by atoms with Crippen LogP contribution in [0, 0.1) is 0 Å². The third-order valence-electron chi connectivity index (χ3n) is 5.20. The minimum absolute atomic E-state index is 0.0955. The van der Waals surface area contributed by atoms with Crippen molar-refractivity contribution >= 4 is 28.6 Å². The first-order valence-corrected chi connectivity index (χ1v) is 11.2. The molecule has 0 radical (unpaired) electrons. The molecule has 4 rings (SSSR count). The molecule has 6 nitrogen and oxygen atoms in total. The van der Waals surface area contributed by atoms with Crippen molar-refractivity contribution in [3.05, 3.63) is 58.9 Å². The number of amides is 1. The number of hydrogen-bond donors (Lipinski definition) is 0. The molecule has 1 saturated heterocycles. The Kier molecular flexibility index (Phi) is 6.08. The molecule has 0 N–H and O–H groups in total. The maximum Gasteiger partial charge on any atom is 0.266 e. The van der Waals surface area contributed by atoms with Crippen molar-refractivity contribution in [2.45, 2.75) is 37.1 Å². The van der Waals surface area contributed by atoms with Gasteiger partial charge in [0.15, 0.2) is 5.16 Å². The zero-order chi connectivity index (χ0) is 21.1. The number of para-hydroxylation sites is 1. The van der Waals surface area contributed by atoms with E-state index in [4.69, 9.17) is 9.72 Å². The molecular weight excluding hydrogens is 398 g/mol. The third kappa shape index (κ3) is 4.07. The van der Waals surface area contributed by atoms with Crippen LogP contribution in [0.5, 0.6) is 5.75 Å². The van der Waals surface area contributed by atoms with E-state index in [0.29, 0.717) is 28.4 Å². The van der Waals surface area contributed by atoms with Crippen molar-refractivity contribution in [1.82, 2.24) is 14.5 Å². The lowest BCUT2D eigenvalue weighted by Crippen LogP contribution is -2.34. The first-order chi connectivity index (χ1) is 14.6. The number of carbonyl (C=O) groups excluding carboxylic acids is 1. The Morgan fingerprint density at radius 3 is 2.53 bits per heavy atom. The highest BCUT2D eigenvalue weighted by Crippen LogP contribution is 2.27. The number of benzene rings is 2. The minimum Gasteiger partial charge on any atom is -0.494 e. The molecule has 0 bridgehead atoms. The Hall–Kier alpha value is -2.80. The van der Waals surface area contributed by atoms with Crippen LogP contribution in [0.2, 0.25) is 0 Å². The normalized spacial score (nSPS) is 14.8. The van der Waals surface area contributed by atoms with Crippen molar-refractivity contribution in [2.24, 2.45) is 0 Å². The van der Waals surface area contributed by atoms with Gasteiger partial charge in [-0.1, -0.05) is 23.9 Å². The van der Waals surface area contributed by atoms with Gasteiger partial charge in [0.2, 0.25) is 5.91 Å². The third-order valence-corrected chi connectivity index (χ3v) is 6.24. The molecule has 1 aliphatic heterocycles. The summed E-state index contributed by atoms with van der Waals surface area (Å²) < 4.78 is 7.12. The van der Waals surface area contributed by atoms with Gasteiger partial charge in [-0.2, -0.15) is 0 Å². The minimum atomic E-state index is -0.329. The number of thioether (sulfide) groups is 1. The number of hydrogen-bond acceptors (Lipinski definition) is 5. The lowest BCUT2D eigenvalue weighted by atomic mass is 10.2. The van der Waals surface area contributed by atoms with Gasteiger partial charge in [-0.25, -0.2) is 4.98 Å². The fourth-order valence-electron chi connectivity index (χ4n) is 3.68. The first-order valence-electron chi connectivity index (χ1n) is 10.3. The van der Waals surface area contributed by atoms with Crippen molar-refractivity contribution in [2.75, 3.05) is 19.7 Å². The zero-order valence-electron chi connectivity index (χ0n) is 17.2. The molecule has 2 heterocycles. The second-order valence-electron chi connectivity index (χ2n) is 7.27. The van der Waals surface area contributed by atoms with Crippen LogP contribution in [-0.4, -0.2) is 45.3 Å². The summed E-state index contributed by atoms with van der Waals surface area (Å²) in [6, 6.07) is 14.7. The molecule has 2 aromatic carbocycles. The van der Waals surface area contributed by atoms with Gasteiger partial charge in [0, 0.05) is 13.1 Å². The van der Waals surface area contributed by atoms with Crippen LogP contribution in [0.3, 0.4) is 0 Å². The summed E-state index contributed by atoms with van der Waals surface area (Å²) in [5.74, 6) is 0.841. The molecule has 1 aromatic heterocycles. The van der Waals surface area contributed by atoms with Crippen LogP contribution < -0.4 is 10.3 Å². The Labute approximate surface area is 179 Å². The molecule has 1 atom stereocenters.